The number of alkyl halides is 3. The minimum absolute atomic E-state index is 0.00429. The van der Waals surface area contributed by atoms with E-state index in [1.165, 1.54) is 17.9 Å². The largest absolute Gasteiger partial charge is 0.451 e. The SMILES string of the molecule is C/C(=C\C(=O)N1CCn2c(nnc2C(F)(F)F)C1)Cc1cc(F)c(F)cc1F. The number of hydrogen-bond acceptors (Lipinski definition) is 3. The number of fused-ring (bicyclic) bond motifs is 1. The van der Waals surface area contributed by atoms with E-state index in [2.05, 4.69) is 10.2 Å². The van der Waals surface area contributed by atoms with Crippen molar-refractivity contribution in [3.63, 3.8) is 0 Å². The molecule has 1 amide bonds. The van der Waals surface area contributed by atoms with Crippen molar-refractivity contribution in [2.75, 3.05) is 6.54 Å². The molecule has 0 saturated heterocycles. The average molecular weight is 404 g/mol. The molecule has 0 fully saturated rings. The first-order chi connectivity index (χ1) is 13.1. The van der Waals surface area contributed by atoms with Crippen LogP contribution >= 0.6 is 0 Å². The highest BCUT2D eigenvalue weighted by atomic mass is 19.4. The Hall–Kier alpha value is -2.85. The van der Waals surface area contributed by atoms with Crippen LogP contribution in [0.15, 0.2) is 23.8 Å². The summed E-state index contributed by atoms with van der Waals surface area (Å²) in [4.78, 5) is 13.6. The van der Waals surface area contributed by atoms with Crippen LogP contribution in [0, 0.1) is 17.5 Å². The van der Waals surface area contributed by atoms with Gasteiger partial charge in [0.15, 0.2) is 17.5 Å². The summed E-state index contributed by atoms with van der Waals surface area (Å²) in [6.07, 6.45) is -3.59. The Balaban J connectivity index is 1.71. The van der Waals surface area contributed by atoms with Gasteiger partial charge in [0.2, 0.25) is 11.7 Å². The minimum atomic E-state index is -4.64. The maximum Gasteiger partial charge on any atom is 0.451 e. The molecule has 0 bridgehead atoms. The van der Waals surface area contributed by atoms with Crippen molar-refractivity contribution < 1.29 is 31.1 Å². The Morgan fingerprint density at radius 3 is 2.46 bits per heavy atom. The molecule has 0 radical (unpaired) electrons. The van der Waals surface area contributed by atoms with Crippen LogP contribution in [0.5, 0.6) is 0 Å². The fourth-order valence-electron chi connectivity index (χ4n) is 2.91. The number of allylic oxidation sites excluding steroid dienone is 1. The van der Waals surface area contributed by atoms with Crippen molar-refractivity contribution in [2.24, 2.45) is 0 Å². The van der Waals surface area contributed by atoms with Gasteiger partial charge >= 0.3 is 6.18 Å². The molecule has 11 heteroatoms. The lowest BCUT2D eigenvalue weighted by atomic mass is 10.0. The van der Waals surface area contributed by atoms with E-state index in [1.807, 2.05) is 0 Å². The molecular weight excluding hydrogens is 390 g/mol. The maximum absolute atomic E-state index is 13.7. The van der Waals surface area contributed by atoms with Gasteiger partial charge in [0.1, 0.15) is 5.82 Å². The Morgan fingerprint density at radius 1 is 1.11 bits per heavy atom. The number of hydrogen-bond donors (Lipinski definition) is 0. The second-order valence-electron chi connectivity index (χ2n) is 6.37. The molecule has 1 aromatic heterocycles. The van der Waals surface area contributed by atoms with Crippen LogP contribution in [-0.4, -0.2) is 32.1 Å². The smallest absolute Gasteiger partial charge is 0.330 e. The summed E-state index contributed by atoms with van der Waals surface area (Å²) >= 11 is 0. The van der Waals surface area contributed by atoms with Gasteiger partial charge in [-0.2, -0.15) is 13.2 Å². The molecule has 0 saturated carbocycles. The monoisotopic (exact) mass is 404 g/mol. The van der Waals surface area contributed by atoms with Gasteiger partial charge in [-0.1, -0.05) is 5.57 Å². The number of aromatic nitrogens is 3. The van der Waals surface area contributed by atoms with Gasteiger partial charge in [-0.15, -0.1) is 10.2 Å². The third-order valence-electron chi connectivity index (χ3n) is 4.25. The molecule has 0 unspecified atom stereocenters. The molecule has 2 heterocycles. The first kappa shape index (κ1) is 19.9. The van der Waals surface area contributed by atoms with Gasteiger partial charge in [-0.05, 0) is 25.0 Å². The summed E-state index contributed by atoms with van der Waals surface area (Å²) in [7, 11) is 0. The van der Waals surface area contributed by atoms with Crippen molar-refractivity contribution in [1.82, 2.24) is 19.7 Å². The van der Waals surface area contributed by atoms with Gasteiger partial charge in [0, 0.05) is 25.2 Å². The van der Waals surface area contributed by atoms with E-state index >= 15 is 0 Å². The van der Waals surface area contributed by atoms with E-state index in [4.69, 9.17) is 0 Å². The highest BCUT2D eigenvalue weighted by Crippen LogP contribution is 2.29. The van der Waals surface area contributed by atoms with Gasteiger partial charge in [0.25, 0.3) is 0 Å². The third kappa shape index (κ3) is 4.02. The van der Waals surface area contributed by atoms with E-state index < -0.39 is 35.4 Å². The number of nitrogens with zero attached hydrogens (tertiary/aromatic N) is 4. The molecule has 1 aliphatic rings. The third-order valence-corrected chi connectivity index (χ3v) is 4.25. The average Bonchev–Trinajstić information content (AvgIpc) is 3.03. The lowest BCUT2D eigenvalue weighted by Crippen LogP contribution is -2.38. The van der Waals surface area contributed by atoms with Crippen molar-refractivity contribution in [3.8, 4) is 0 Å². The number of halogens is 6. The molecule has 0 spiro atoms. The van der Waals surface area contributed by atoms with Crippen LogP contribution in [0.2, 0.25) is 0 Å². The second-order valence-corrected chi connectivity index (χ2v) is 6.37. The fraction of sp³-hybridized carbons (Fsp3) is 0.353. The van der Waals surface area contributed by atoms with Crippen molar-refractivity contribution >= 4 is 5.91 Å². The summed E-state index contributed by atoms with van der Waals surface area (Å²) < 4.78 is 79.4. The standard InChI is InChI=1S/C17H14F6N4O/c1-9(4-10-6-12(19)13(20)7-11(10)18)5-15(28)26-2-3-27-14(8-26)24-25-16(27)17(21,22)23/h5-7H,2-4,8H2,1H3/b9-5+. The Labute approximate surface area is 155 Å². The van der Waals surface area contributed by atoms with Crippen LogP contribution in [0.25, 0.3) is 0 Å². The lowest BCUT2D eigenvalue weighted by Gasteiger charge is -2.27. The van der Waals surface area contributed by atoms with Crippen LogP contribution in [0.4, 0.5) is 26.3 Å². The van der Waals surface area contributed by atoms with Gasteiger partial charge < -0.3 is 9.47 Å². The molecular formula is C17H14F6N4O. The highest BCUT2D eigenvalue weighted by Gasteiger charge is 2.39. The van der Waals surface area contributed by atoms with E-state index in [0.29, 0.717) is 17.7 Å². The molecule has 0 N–H and O–H groups in total. The molecule has 3 rings (SSSR count). The molecule has 2 aromatic rings. The van der Waals surface area contributed by atoms with E-state index in [0.717, 1.165) is 4.57 Å². The number of rotatable bonds is 3. The molecule has 0 atom stereocenters. The normalized spacial score (nSPS) is 15.0. The first-order valence-electron chi connectivity index (χ1n) is 8.15. The molecule has 1 aromatic carbocycles. The van der Waals surface area contributed by atoms with Crippen LogP contribution in [0.1, 0.15) is 24.1 Å². The van der Waals surface area contributed by atoms with Gasteiger partial charge in [-0.3, -0.25) is 4.79 Å². The second kappa shape index (κ2) is 7.28. The summed E-state index contributed by atoms with van der Waals surface area (Å²) in [6, 6.07) is 1.14. The summed E-state index contributed by atoms with van der Waals surface area (Å²) in [6.45, 7) is 1.24. The summed E-state index contributed by atoms with van der Waals surface area (Å²) in [5.74, 6) is -5.08. The fourth-order valence-corrected chi connectivity index (χ4v) is 2.91. The molecule has 1 aliphatic heterocycles. The summed E-state index contributed by atoms with van der Waals surface area (Å²) in [5.41, 5.74) is 0.256. The quantitative estimate of drug-likeness (QED) is 0.448. The van der Waals surface area contributed by atoms with Crippen molar-refractivity contribution in [3.05, 3.63) is 58.4 Å². The van der Waals surface area contributed by atoms with E-state index in [9.17, 15) is 31.1 Å². The molecule has 150 valence electrons. The Bertz CT molecular complexity index is 950. The topological polar surface area (TPSA) is 51.0 Å². The Morgan fingerprint density at radius 2 is 1.79 bits per heavy atom. The highest BCUT2D eigenvalue weighted by molar-refractivity contribution is 5.88. The lowest BCUT2D eigenvalue weighted by molar-refractivity contribution is -0.148. The summed E-state index contributed by atoms with van der Waals surface area (Å²) in [5, 5.41) is 6.62. The predicted molar refractivity (Wildman–Crippen MR) is 84.2 cm³/mol. The zero-order valence-corrected chi connectivity index (χ0v) is 14.5. The Kier molecular flexibility index (Phi) is 5.18. The molecule has 0 aliphatic carbocycles. The first-order valence-corrected chi connectivity index (χ1v) is 8.15. The van der Waals surface area contributed by atoms with Gasteiger partial charge in [0.05, 0.1) is 6.54 Å². The zero-order chi connectivity index (χ0) is 20.6. The van der Waals surface area contributed by atoms with E-state index in [-0.39, 0.29) is 37.4 Å². The maximum atomic E-state index is 13.7. The minimum Gasteiger partial charge on any atom is -0.330 e. The van der Waals surface area contributed by atoms with Crippen molar-refractivity contribution in [1.29, 1.82) is 0 Å². The van der Waals surface area contributed by atoms with Crippen molar-refractivity contribution in [2.45, 2.75) is 32.6 Å². The zero-order valence-electron chi connectivity index (χ0n) is 14.5. The molecule has 28 heavy (non-hydrogen) atoms. The molecule has 5 nitrogen and oxygen atoms in total. The number of carbonyl (C=O) groups excluding carboxylic acids is 1. The van der Waals surface area contributed by atoms with Crippen LogP contribution in [-0.2, 0) is 30.5 Å². The number of carbonyl (C=O) groups is 1. The predicted octanol–water partition coefficient (Wildman–Crippen LogP) is 3.25. The number of benzene rings is 1. The van der Waals surface area contributed by atoms with Crippen LogP contribution in [0.3, 0.4) is 0 Å². The number of amides is 1. The van der Waals surface area contributed by atoms with Gasteiger partial charge in [-0.25, -0.2) is 13.2 Å². The van der Waals surface area contributed by atoms with E-state index in [1.54, 1.807) is 0 Å². The van der Waals surface area contributed by atoms with Crippen LogP contribution < -0.4 is 0 Å².